The summed E-state index contributed by atoms with van der Waals surface area (Å²) in [5.41, 5.74) is 33.3. The topological polar surface area (TPSA) is 327 Å². The smallest absolute Gasteiger partial charge is 0.195 e. The molecule has 3 aromatic carbocycles. The van der Waals surface area contributed by atoms with Crippen LogP contribution in [0.25, 0.3) is 33.1 Å². The lowest BCUT2D eigenvalue weighted by Gasteiger charge is -2.29. The Morgan fingerprint density at radius 1 is 0.452 bits per heavy atom. The summed E-state index contributed by atoms with van der Waals surface area (Å²) in [6.07, 6.45) is 11.2. The van der Waals surface area contributed by atoms with Crippen LogP contribution in [0, 0.1) is 56.3 Å². The number of Topliss-reactive ketones (excluding diaryl/α,β-unsaturated/α-hetero) is 3. The number of nitrogens with two attached hydrogens (primary N) is 3. The number of piperidine rings is 3. The average molecular weight is 1560 g/mol. The van der Waals surface area contributed by atoms with Gasteiger partial charge in [-0.05, 0) is 195 Å². The van der Waals surface area contributed by atoms with Gasteiger partial charge in [0.05, 0.1) is 45.7 Å². The summed E-state index contributed by atoms with van der Waals surface area (Å²) < 4.78 is 13.0. The number of likely N-dealkylation sites (tertiary alicyclic amines) is 3. The molecule has 3 aliphatic heterocycles. The van der Waals surface area contributed by atoms with E-state index in [1.165, 1.54) is 30.3 Å². The summed E-state index contributed by atoms with van der Waals surface area (Å²) in [5, 5.41) is 27.7. The Morgan fingerprint density at radius 2 is 0.817 bits per heavy atom. The first kappa shape index (κ1) is 81.3. The number of fused-ring (bicyclic) bond motifs is 3. The lowest BCUT2D eigenvalue weighted by molar-refractivity contribution is 0.0975. The molecular formula is C88H102N22O4S. The molecule has 0 unspecified atom stereocenters. The van der Waals surface area contributed by atoms with Crippen LogP contribution in [0.4, 0.5) is 17.5 Å². The Morgan fingerprint density at radius 3 is 1.16 bits per heavy atom. The van der Waals surface area contributed by atoms with Crippen molar-refractivity contribution < 1.29 is 18.9 Å². The first-order valence-corrected chi connectivity index (χ1v) is 40.0. The fourth-order valence-corrected chi connectivity index (χ4v) is 15.3. The van der Waals surface area contributed by atoms with Crippen molar-refractivity contribution in [1.29, 1.82) is 0 Å². The van der Waals surface area contributed by atoms with Crippen LogP contribution < -0.4 is 17.2 Å². The summed E-state index contributed by atoms with van der Waals surface area (Å²) in [4.78, 5) is 76.7. The number of benzene rings is 3. The molecule has 3 aliphatic rings. The van der Waals surface area contributed by atoms with Crippen molar-refractivity contribution in [3.8, 4) is 35.5 Å². The van der Waals surface area contributed by atoms with Gasteiger partial charge in [-0.3, -0.25) is 19.1 Å². The highest BCUT2D eigenvalue weighted by atomic mass is 32.1. The Hall–Kier alpha value is -11.7. The second-order valence-corrected chi connectivity index (χ2v) is 34.6. The average Bonchev–Trinajstić information content (AvgIpc) is 1.64. The van der Waals surface area contributed by atoms with Gasteiger partial charge in [-0.1, -0.05) is 122 Å². The number of hydrogen-bond acceptors (Lipinski definition) is 23. The van der Waals surface area contributed by atoms with E-state index in [2.05, 4.69) is 158 Å². The van der Waals surface area contributed by atoms with Crippen molar-refractivity contribution in [1.82, 2.24) is 93.9 Å². The van der Waals surface area contributed by atoms with Gasteiger partial charge < -0.3 is 36.4 Å². The van der Waals surface area contributed by atoms with E-state index < -0.39 is 0 Å². The molecule has 3 saturated heterocycles. The van der Waals surface area contributed by atoms with Crippen LogP contribution in [0.1, 0.15) is 234 Å². The molecule has 594 valence electrons. The standard InChI is InChI=1S/C30H36N8O.C29H33N7O2.C29H33N7OS/c1-19-7-8-20(16-25(39)24-17-26(30(2,3)4)35-37(24)6)15-21(19)9-10-23-27-28(31)32-18-33-29(27)38(34-23)22-11-13-36(5)14-12-22;1-18-6-7-19(15-24(37)23-16-25(38-34-23)29(2,3)4)14-20(18)8-9-22-26-27(30)31-17-32-28(26)36(33-22)21-10-12-35(5)13-11-21;1-18-6-7-19(15-23(37)28-33-24(16-38-28)29(2,3)4)14-20(18)8-9-22-25-26(30)31-17-32-27(25)36(34-22)21-10-12-35(5)13-11-21/h7-8,15,17-18,22H,11-14,16H2,1-6H3,(H2,31,32,33);2*6-7,14,16-17,21H,10-13,15H2,1-5H3,(H2,30,31,32). The van der Waals surface area contributed by atoms with Gasteiger partial charge in [-0.2, -0.15) is 20.4 Å². The van der Waals surface area contributed by atoms with Crippen molar-refractivity contribution in [3.05, 3.63) is 192 Å². The zero-order valence-electron chi connectivity index (χ0n) is 68.8. The van der Waals surface area contributed by atoms with Crippen molar-refractivity contribution in [2.45, 2.75) is 175 Å². The number of ketones is 3. The molecule has 0 spiro atoms. The SMILES string of the molecule is Cc1ccc(CC(=O)c2cc(C(C)(C)C)nn2C)cc1C#Cc1nn(C2CCN(C)CC2)c2ncnc(N)c12.Cc1ccc(CC(=O)c2cc(C(C)(C)C)on2)cc1C#Cc1nn(C2CCN(C)CC2)c2ncnc(N)c12.Cc1ccc(CC(=O)c2nc(C(C)(C)C)cs2)cc1C#Cc1nn(C2CCN(C)CC2)c2ncnc(N)c12. The van der Waals surface area contributed by atoms with Crippen molar-refractivity contribution >= 4 is 79.2 Å². The maximum Gasteiger partial charge on any atom is 0.195 e. The largest absolute Gasteiger partial charge is 0.383 e. The molecule has 12 heterocycles. The van der Waals surface area contributed by atoms with E-state index in [0.717, 1.165) is 156 Å². The maximum atomic E-state index is 13.2. The fourth-order valence-electron chi connectivity index (χ4n) is 14.3. The minimum Gasteiger partial charge on any atom is -0.383 e. The van der Waals surface area contributed by atoms with E-state index in [4.69, 9.17) is 37.0 Å². The highest BCUT2D eigenvalue weighted by Crippen LogP contribution is 2.34. The number of carbonyl (C=O) groups excluding carboxylic acids is 3. The highest BCUT2D eigenvalue weighted by molar-refractivity contribution is 7.11. The molecular weight excluding hydrogens is 1460 g/mol. The number of nitrogens with zero attached hydrogens (tertiary/aromatic N) is 19. The second kappa shape index (κ2) is 33.8. The minimum atomic E-state index is -0.211. The summed E-state index contributed by atoms with van der Waals surface area (Å²) in [7, 11) is 8.23. The first-order valence-electron chi connectivity index (χ1n) is 39.1. The van der Waals surface area contributed by atoms with Crippen LogP contribution >= 0.6 is 11.3 Å². The van der Waals surface area contributed by atoms with Gasteiger partial charge in [-0.15, -0.1) is 11.3 Å². The Bertz CT molecular complexity index is 5620. The van der Waals surface area contributed by atoms with Crippen LogP contribution in [-0.4, -0.2) is 172 Å². The molecule has 12 aromatic rings. The third-order valence-electron chi connectivity index (χ3n) is 21.6. The third-order valence-corrected chi connectivity index (χ3v) is 22.5. The van der Waals surface area contributed by atoms with Gasteiger partial charge in [-0.25, -0.2) is 48.9 Å². The van der Waals surface area contributed by atoms with E-state index >= 15 is 0 Å². The van der Waals surface area contributed by atoms with E-state index in [-0.39, 0.29) is 71.0 Å². The monoisotopic (exact) mass is 1560 g/mol. The lowest BCUT2D eigenvalue weighted by atomic mass is 9.92. The van der Waals surface area contributed by atoms with E-state index in [9.17, 15) is 14.4 Å². The molecule has 26 nitrogen and oxygen atoms in total. The highest BCUT2D eigenvalue weighted by Gasteiger charge is 2.30. The van der Waals surface area contributed by atoms with Gasteiger partial charge >= 0.3 is 0 Å². The molecule has 27 heteroatoms. The lowest BCUT2D eigenvalue weighted by Crippen LogP contribution is -2.32. The van der Waals surface area contributed by atoms with Crippen LogP contribution in [0.5, 0.6) is 0 Å². The zero-order chi connectivity index (χ0) is 81.9. The summed E-state index contributed by atoms with van der Waals surface area (Å²) in [6, 6.07) is 22.2. The van der Waals surface area contributed by atoms with E-state index in [0.29, 0.717) is 72.8 Å². The van der Waals surface area contributed by atoms with Gasteiger partial charge in [0, 0.05) is 70.7 Å². The number of rotatable bonds is 12. The van der Waals surface area contributed by atoms with Crippen molar-refractivity contribution in [3.63, 3.8) is 0 Å². The molecule has 0 radical (unpaired) electrons. The minimum absolute atomic E-state index is 0.0149. The number of hydrogen-bond donors (Lipinski definition) is 3. The van der Waals surface area contributed by atoms with Crippen molar-refractivity contribution in [2.24, 2.45) is 7.05 Å². The molecule has 0 amide bonds. The molecule has 15 rings (SSSR count). The van der Waals surface area contributed by atoms with Gasteiger partial charge in [0.2, 0.25) is 0 Å². The molecule has 3 fully saturated rings. The number of anilines is 3. The van der Waals surface area contributed by atoms with E-state index in [1.54, 1.807) is 10.7 Å². The van der Waals surface area contributed by atoms with Gasteiger partial charge in [0.1, 0.15) is 70.7 Å². The number of nitrogen functional groups attached to an aromatic ring is 3. The van der Waals surface area contributed by atoms with Crippen LogP contribution in [0.3, 0.4) is 0 Å². The Balaban J connectivity index is 0.000000150. The fraction of sp³-hybridized carbons (Fsp3) is 0.420. The maximum absolute atomic E-state index is 13.2. The Labute approximate surface area is 675 Å². The predicted octanol–water partition coefficient (Wildman–Crippen LogP) is 12.5. The Kier molecular flexibility index (Phi) is 23.9. The molecule has 9 aromatic heterocycles. The molecule has 0 bridgehead atoms. The molecule has 0 atom stereocenters. The van der Waals surface area contributed by atoms with Crippen LogP contribution in [0.2, 0.25) is 0 Å². The first-order chi connectivity index (χ1) is 54.7. The number of aryl methyl sites for hydroxylation is 4. The zero-order valence-corrected chi connectivity index (χ0v) is 69.6. The quantitative estimate of drug-likeness (QED) is 0.0755. The van der Waals surface area contributed by atoms with Gasteiger partial charge in [0.25, 0.3) is 0 Å². The molecule has 115 heavy (non-hydrogen) atoms. The van der Waals surface area contributed by atoms with Crippen LogP contribution in [0.15, 0.2) is 95.6 Å². The molecule has 0 aliphatic carbocycles. The van der Waals surface area contributed by atoms with Crippen molar-refractivity contribution in [2.75, 3.05) is 77.6 Å². The summed E-state index contributed by atoms with van der Waals surface area (Å²) in [6.45, 7) is 30.7. The summed E-state index contributed by atoms with van der Waals surface area (Å²) in [5.74, 6) is 21.3. The molecule has 0 saturated carbocycles. The van der Waals surface area contributed by atoms with Gasteiger partial charge in [0.15, 0.2) is 39.3 Å². The second-order valence-electron chi connectivity index (χ2n) is 33.8. The van der Waals surface area contributed by atoms with Crippen LogP contribution in [-0.2, 0) is 42.6 Å². The predicted molar refractivity (Wildman–Crippen MR) is 450 cm³/mol. The summed E-state index contributed by atoms with van der Waals surface area (Å²) >= 11 is 1.41. The third kappa shape index (κ3) is 18.8. The number of aromatic nitrogens is 16. The molecule has 6 N–H and O–H groups in total. The van der Waals surface area contributed by atoms with E-state index in [1.807, 2.05) is 129 Å². The number of thiazole rings is 1. The number of carbonyl (C=O) groups is 3. The normalized spacial score (nSPS) is 15.0.